The Labute approximate surface area is 210 Å². The van der Waals surface area contributed by atoms with Gasteiger partial charge in [0, 0.05) is 52.8 Å². The number of hydrogen-bond donors (Lipinski definition) is 1. The summed E-state index contributed by atoms with van der Waals surface area (Å²) in [6, 6.07) is 18.0. The summed E-state index contributed by atoms with van der Waals surface area (Å²) in [7, 11) is 0. The van der Waals surface area contributed by atoms with Gasteiger partial charge in [-0.3, -0.25) is 9.97 Å². The van der Waals surface area contributed by atoms with Crippen LogP contribution >= 0.6 is 23.8 Å². The van der Waals surface area contributed by atoms with Gasteiger partial charge in [-0.05, 0) is 80.5 Å². The highest BCUT2D eigenvalue weighted by atomic mass is 35.5. The van der Waals surface area contributed by atoms with E-state index in [2.05, 4.69) is 63.7 Å². The number of nitrogens with one attached hydrogen (secondary N) is 1. The monoisotopic (exact) mass is 487 g/mol. The number of rotatable bonds is 5. The zero-order valence-corrected chi connectivity index (χ0v) is 20.9. The molecule has 0 radical (unpaired) electrons. The zero-order chi connectivity index (χ0) is 23.8. The van der Waals surface area contributed by atoms with Gasteiger partial charge in [-0.25, -0.2) is 0 Å². The highest BCUT2D eigenvalue weighted by molar-refractivity contribution is 7.80. The van der Waals surface area contributed by atoms with Crippen LogP contribution in [0.25, 0.3) is 5.69 Å². The first-order valence-electron chi connectivity index (χ1n) is 11.3. The molecule has 0 bridgehead atoms. The fourth-order valence-corrected chi connectivity index (χ4v) is 5.51. The minimum absolute atomic E-state index is 0.0262. The van der Waals surface area contributed by atoms with Gasteiger partial charge in [0.05, 0.1) is 17.8 Å². The van der Waals surface area contributed by atoms with Gasteiger partial charge < -0.3 is 14.8 Å². The number of benzene rings is 1. The maximum atomic E-state index is 6.35. The summed E-state index contributed by atoms with van der Waals surface area (Å²) in [6.45, 7) is 7.19. The van der Waals surface area contributed by atoms with Crippen LogP contribution in [0.4, 0.5) is 0 Å². The molecule has 3 aromatic heterocycles. The number of thiocarbonyl (C=S) groups is 1. The highest BCUT2D eigenvalue weighted by Crippen LogP contribution is 2.44. The first kappa shape index (κ1) is 22.6. The van der Waals surface area contributed by atoms with E-state index < -0.39 is 0 Å². The van der Waals surface area contributed by atoms with E-state index in [9.17, 15) is 0 Å². The minimum atomic E-state index is -0.0719. The molecule has 1 saturated heterocycles. The van der Waals surface area contributed by atoms with Crippen molar-refractivity contribution >= 4 is 28.9 Å². The summed E-state index contributed by atoms with van der Waals surface area (Å²) >= 11 is 12.2. The van der Waals surface area contributed by atoms with Crippen LogP contribution in [0.15, 0.2) is 73.2 Å². The van der Waals surface area contributed by atoms with Crippen LogP contribution in [0.5, 0.6) is 0 Å². The standard InChI is InChI=1S/C27H26ClN5S/c1-17-18(2)33(22-10-6-9-21(28)14-22)19(3)24(17)26-25(23-11-4-5-13-30-23)31-27(34)32(26)16-20-8-7-12-29-15-20/h4-15,25-26H,16H2,1-3H3,(H,31,34). The van der Waals surface area contributed by atoms with E-state index in [1.807, 2.05) is 48.8 Å². The molecular weight excluding hydrogens is 462 g/mol. The SMILES string of the molecule is Cc1c(C2C(c3ccccn3)NC(=S)N2Cc2cccnc2)c(C)n(-c2cccc(Cl)c2)c1C. The first-order chi connectivity index (χ1) is 16.5. The molecule has 0 aliphatic carbocycles. The quantitative estimate of drug-likeness (QED) is 0.349. The molecule has 34 heavy (non-hydrogen) atoms. The highest BCUT2D eigenvalue weighted by Gasteiger charge is 2.42. The molecule has 1 fully saturated rings. The average Bonchev–Trinajstić information content (AvgIpc) is 3.27. The smallest absolute Gasteiger partial charge is 0.170 e. The summed E-state index contributed by atoms with van der Waals surface area (Å²) in [5.74, 6) is 0. The van der Waals surface area contributed by atoms with E-state index in [1.54, 1.807) is 6.20 Å². The number of aromatic nitrogens is 3. The summed E-state index contributed by atoms with van der Waals surface area (Å²) in [4.78, 5) is 11.3. The number of nitrogens with zero attached hydrogens (tertiary/aromatic N) is 4. The van der Waals surface area contributed by atoms with Crippen LogP contribution in [0.1, 0.15) is 45.9 Å². The van der Waals surface area contributed by atoms with Gasteiger partial charge in [-0.1, -0.05) is 29.8 Å². The molecule has 0 saturated carbocycles. The Morgan fingerprint density at radius 3 is 2.56 bits per heavy atom. The van der Waals surface area contributed by atoms with Crippen molar-refractivity contribution in [1.29, 1.82) is 0 Å². The third-order valence-electron chi connectivity index (χ3n) is 6.64. The van der Waals surface area contributed by atoms with Gasteiger partial charge in [0.1, 0.15) is 0 Å². The molecule has 172 valence electrons. The van der Waals surface area contributed by atoms with Gasteiger partial charge in [0.15, 0.2) is 5.11 Å². The summed E-state index contributed by atoms with van der Waals surface area (Å²) < 4.78 is 2.29. The molecule has 0 spiro atoms. The summed E-state index contributed by atoms with van der Waals surface area (Å²) in [5, 5.41) is 5.00. The van der Waals surface area contributed by atoms with E-state index in [0.717, 1.165) is 27.1 Å². The Balaban J connectivity index is 1.67. The lowest BCUT2D eigenvalue weighted by Gasteiger charge is -2.29. The molecule has 4 aromatic rings. The zero-order valence-electron chi connectivity index (χ0n) is 19.4. The van der Waals surface area contributed by atoms with Gasteiger partial charge in [-0.2, -0.15) is 0 Å². The fourth-order valence-electron chi connectivity index (χ4n) is 5.02. The van der Waals surface area contributed by atoms with E-state index in [4.69, 9.17) is 23.8 Å². The third kappa shape index (κ3) is 3.97. The number of hydrogen-bond acceptors (Lipinski definition) is 3. The van der Waals surface area contributed by atoms with Crippen molar-refractivity contribution < 1.29 is 0 Å². The van der Waals surface area contributed by atoms with Crippen molar-refractivity contribution in [2.24, 2.45) is 0 Å². The lowest BCUT2D eigenvalue weighted by molar-refractivity contribution is 0.309. The lowest BCUT2D eigenvalue weighted by atomic mass is 9.93. The molecule has 7 heteroatoms. The van der Waals surface area contributed by atoms with Gasteiger partial charge in [0.25, 0.3) is 0 Å². The second-order valence-corrected chi connectivity index (χ2v) is 9.46. The van der Waals surface area contributed by atoms with Crippen LogP contribution in [-0.2, 0) is 6.54 Å². The Bertz CT molecular complexity index is 1340. The summed E-state index contributed by atoms with van der Waals surface area (Å²) in [5.41, 5.74) is 7.99. The summed E-state index contributed by atoms with van der Waals surface area (Å²) in [6.07, 6.45) is 5.53. The Morgan fingerprint density at radius 1 is 1.00 bits per heavy atom. The maximum Gasteiger partial charge on any atom is 0.170 e. The van der Waals surface area contributed by atoms with Crippen LogP contribution in [0.3, 0.4) is 0 Å². The number of pyridine rings is 2. The Hall–Kier alpha value is -3.22. The molecule has 1 aromatic carbocycles. The first-order valence-corrected chi connectivity index (χ1v) is 12.1. The molecule has 5 nitrogen and oxygen atoms in total. The van der Waals surface area contributed by atoms with E-state index >= 15 is 0 Å². The van der Waals surface area contributed by atoms with Crippen LogP contribution in [0, 0.1) is 20.8 Å². The van der Waals surface area contributed by atoms with Gasteiger partial charge in [-0.15, -0.1) is 0 Å². The van der Waals surface area contributed by atoms with Crippen molar-refractivity contribution in [3.8, 4) is 5.69 Å². The molecule has 2 atom stereocenters. The van der Waals surface area contributed by atoms with E-state index in [-0.39, 0.29) is 12.1 Å². The molecular formula is C27H26ClN5S. The Morgan fingerprint density at radius 2 is 1.85 bits per heavy atom. The van der Waals surface area contributed by atoms with Crippen molar-refractivity contribution in [3.63, 3.8) is 0 Å². The fraction of sp³-hybridized carbons (Fsp3) is 0.222. The molecule has 2 unspecified atom stereocenters. The van der Waals surface area contributed by atoms with Crippen LogP contribution in [0.2, 0.25) is 5.02 Å². The van der Waals surface area contributed by atoms with Gasteiger partial charge >= 0.3 is 0 Å². The average molecular weight is 488 g/mol. The van der Waals surface area contributed by atoms with E-state index in [0.29, 0.717) is 6.54 Å². The van der Waals surface area contributed by atoms with Crippen LogP contribution in [-0.4, -0.2) is 24.5 Å². The predicted molar refractivity (Wildman–Crippen MR) is 140 cm³/mol. The van der Waals surface area contributed by atoms with Crippen molar-refractivity contribution in [2.45, 2.75) is 39.4 Å². The molecule has 4 heterocycles. The largest absolute Gasteiger partial charge is 0.352 e. The topological polar surface area (TPSA) is 46.0 Å². The van der Waals surface area contributed by atoms with E-state index in [1.165, 1.54) is 22.5 Å². The van der Waals surface area contributed by atoms with Crippen LogP contribution < -0.4 is 5.32 Å². The predicted octanol–water partition coefficient (Wildman–Crippen LogP) is 6.02. The lowest BCUT2D eigenvalue weighted by Crippen LogP contribution is -2.29. The molecule has 5 rings (SSSR count). The normalized spacial score (nSPS) is 17.8. The maximum absolute atomic E-state index is 6.35. The second kappa shape index (κ2) is 9.20. The minimum Gasteiger partial charge on any atom is -0.352 e. The number of halogens is 1. The van der Waals surface area contributed by atoms with Crippen molar-refractivity contribution in [2.75, 3.05) is 0 Å². The third-order valence-corrected chi connectivity index (χ3v) is 7.23. The second-order valence-electron chi connectivity index (χ2n) is 8.64. The van der Waals surface area contributed by atoms with Crippen molar-refractivity contribution in [1.82, 2.24) is 24.8 Å². The van der Waals surface area contributed by atoms with Crippen molar-refractivity contribution in [3.05, 3.63) is 112 Å². The molecule has 1 aliphatic rings. The van der Waals surface area contributed by atoms with Gasteiger partial charge in [0.2, 0.25) is 0 Å². The molecule has 0 amide bonds. The molecule has 1 aliphatic heterocycles. The Kier molecular flexibility index (Phi) is 6.11. The molecule has 1 N–H and O–H groups in total.